The number of nitrogens with one attached hydrogen (secondary N) is 1. The summed E-state index contributed by atoms with van der Waals surface area (Å²) in [6.45, 7) is 1.92. The smallest absolute Gasteiger partial charge is 0.0648 e. The summed E-state index contributed by atoms with van der Waals surface area (Å²) in [5, 5.41) is 1.00. The van der Waals surface area contributed by atoms with Crippen LogP contribution >= 0.6 is 0 Å². The van der Waals surface area contributed by atoms with Crippen LogP contribution in [0.15, 0.2) is 30.3 Å². The SMILES string of the molecule is [2H]c1c(C)[nH]c2ccccc12. The first-order valence-corrected chi connectivity index (χ1v) is 3.33. The summed E-state index contributed by atoms with van der Waals surface area (Å²) in [7, 11) is 0. The first-order valence-electron chi connectivity index (χ1n) is 3.83. The number of benzene rings is 1. The third kappa shape index (κ3) is 0.711. The molecule has 1 nitrogen and oxygen atoms in total. The Bertz CT molecular complexity index is 389. The Morgan fingerprint density at radius 1 is 1.40 bits per heavy atom. The largest absolute Gasteiger partial charge is 0.359 e. The van der Waals surface area contributed by atoms with Crippen molar-refractivity contribution in [1.82, 2.24) is 4.98 Å². The van der Waals surface area contributed by atoms with Crippen molar-refractivity contribution >= 4 is 10.9 Å². The highest BCUT2D eigenvalue weighted by atomic mass is 14.7. The van der Waals surface area contributed by atoms with E-state index >= 15 is 0 Å². The number of hydrogen-bond donors (Lipinski definition) is 1. The van der Waals surface area contributed by atoms with Gasteiger partial charge in [-0.05, 0) is 24.4 Å². The van der Waals surface area contributed by atoms with Crippen molar-refractivity contribution in [2.45, 2.75) is 6.92 Å². The number of aryl methyl sites for hydroxylation is 1. The highest BCUT2D eigenvalue weighted by Crippen LogP contribution is 2.12. The number of rotatable bonds is 0. The van der Waals surface area contributed by atoms with E-state index in [1.54, 1.807) is 0 Å². The average Bonchev–Trinajstić information content (AvgIpc) is 2.30. The number of aromatic nitrogens is 1. The molecule has 1 N–H and O–H groups in total. The van der Waals surface area contributed by atoms with Gasteiger partial charge >= 0.3 is 0 Å². The number of aromatic amines is 1. The zero-order chi connectivity index (χ0) is 7.84. The minimum atomic E-state index is 0.612. The molecule has 0 radical (unpaired) electrons. The molecule has 10 heavy (non-hydrogen) atoms. The predicted molar refractivity (Wildman–Crippen MR) is 43.0 cm³/mol. The van der Waals surface area contributed by atoms with Gasteiger partial charge in [0.25, 0.3) is 0 Å². The number of H-pyrrole nitrogens is 1. The van der Waals surface area contributed by atoms with Gasteiger partial charge in [-0.1, -0.05) is 18.2 Å². The molecule has 0 spiro atoms. The minimum Gasteiger partial charge on any atom is -0.359 e. The fourth-order valence-corrected chi connectivity index (χ4v) is 1.14. The van der Waals surface area contributed by atoms with Gasteiger partial charge in [-0.2, -0.15) is 0 Å². The number of para-hydroxylation sites is 1. The average molecular weight is 132 g/mol. The van der Waals surface area contributed by atoms with E-state index in [0.29, 0.717) is 6.04 Å². The molecular formula is C9H9N. The van der Waals surface area contributed by atoms with E-state index in [1.165, 1.54) is 0 Å². The van der Waals surface area contributed by atoms with Crippen molar-refractivity contribution < 1.29 is 1.37 Å². The molecule has 0 fully saturated rings. The molecule has 1 heteroatoms. The van der Waals surface area contributed by atoms with Crippen LogP contribution in [0.4, 0.5) is 0 Å². The summed E-state index contributed by atoms with van der Waals surface area (Å²) >= 11 is 0. The normalized spacial score (nSPS) is 11.9. The van der Waals surface area contributed by atoms with Gasteiger partial charge < -0.3 is 4.98 Å². The highest BCUT2D eigenvalue weighted by Gasteiger charge is 1.92. The van der Waals surface area contributed by atoms with Gasteiger partial charge in [-0.15, -0.1) is 0 Å². The second-order valence-electron chi connectivity index (χ2n) is 2.42. The topological polar surface area (TPSA) is 15.8 Å². The zero-order valence-corrected chi connectivity index (χ0v) is 5.81. The molecule has 2 rings (SSSR count). The lowest BCUT2D eigenvalue weighted by molar-refractivity contribution is 1.30. The molecule has 1 aromatic carbocycles. The van der Waals surface area contributed by atoms with E-state index in [4.69, 9.17) is 1.37 Å². The molecule has 0 atom stereocenters. The molecule has 0 saturated carbocycles. The lowest BCUT2D eigenvalue weighted by Gasteiger charge is -1.83. The first kappa shape index (κ1) is 4.56. The van der Waals surface area contributed by atoms with E-state index in [9.17, 15) is 0 Å². The lowest BCUT2D eigenvalue weighted by atomic mass is 10.2. The van der Waals surface area contributed by atoms with Gasteiger partial charge in [0.2, 0.25) is 0 Å². The van der Waals surface area contributed by atoms with Crippen molar-refractivity contribution in [2.24, 2.45) is 0 Å². The van der Waals surface area contributed by atoms with E-state index in [-0.39, 0.29) is 0 Å². The first-order chi connectivity index (χ1) is 5.29. The predicted octanol–water partition coefficient (Wildman–Crippen LogP) is 2.48. The summed E-state index contributed by atoms with van der Waals surface area (Å²) in [5.41, 5.74) is 1.99. The molecule has 0 aliphatic heterocycles. The standard InChI is InChI=1S/C9H9N/c1-7-6-8-4-2-3-5-9(8)10-7/h2-6,10H,1H3/i6D. The third-order valence-corrected chi connectivity index (χ3v) is 1.57. The molecule has 0 aliphatic rings. The van der Waals surface area contributed by atoms with Crippen molar-refractivity contribution in [3.63, 3.8) is 0 Å². The second-order valence-corrected chi connectivity index (χ2v) is 2.42. The second kappa shape index (κ2) is 1.87. The Morgan fingerprint density at radius 3 is 3.00 bits per heavy atom. The van der Waals surface area contributed by atoms with E-state index in [1.807, 2.05) is 31.2 Å². The fraction of sp³-hybridized carbons (Fsp3) is 0.111. The molecule has 0 bridgehead atoms. The molecule has 0 aliphatic carbocycles. The van der Waals surface area contributed by atoms with Crippen LogP contribution in [0.1, 0.15) is 7.06 Å². The van der Waals surface area contributed by atoms with Crippen LogP contribution in [-0.2, 0) is 0 Å². The maximum atomic E-state index is 7.64. The molecule has 1 aromatic heterocycles. The summed E-state index contributed by atoms with van der Waals surface area (Å²) in [6.07, 6.45) is 0. The molecule has 2 aromatic rings. The monoisotopic (exact) mass is 132 g/mol. The van der Waals surface area contributed by atoms with E-state index < -0.39 is 0 Å². The fourth-order valence-electron chi connectivity index (χ4n) is 1.14. The van der Waals surface area contributed by atoms with Crippen molar-refractivity contribution in [3.05, 3.63) is 36.0 Å². The summed E-state index contributed by atoms with van der Waals surface area (Å²) < 4.78 is 7.64. The van der Waals surface area contributed by atoms with Crippen LogP contribution in [0.5, 0.6) is 0 Å². The van der Waals surface area contributed by atoms with Crippen LogP contribution in [0.2, 0.25) is 0 Å². The molecular weight excluding hydrogens is 122 g/mol. The maximum absolute atomic E-state index is 7.64. The Hall–Kier alpha value is -1.24. The van der Waals surface area contributed by atoms with Gasteiger partial charge in [0.1, 0.15) is 0 Å². The number of hydrogen-bond acceptors (Lipinski definition) is 0. The Kier molecular flexibility index (Phi) is 0.853. The molecule has 0 unspecified atom stereocenters. The minimum absolute atomic E-state index is 0.612. The number of fused-ring (bicyclic) bond motifs is 1. The zero-order valence-electron chi connectivity index (χ0n) is 6.81. The summed E-state index contributed by atoms with van der Waals surface area (Å²) in [4.78, 5) is 3.14. The van der Waals surface area contributed by atoms with Gasteiger partial charge in [0, 0.05) is 11.2 Å². The Labute approximate surface area is 61.1 Å². The van der Waals surface area contributed by atoms with Crippen molar-refractivity contribution in [2.75, 3.05) is 0 Å². The molecule has 50 valence electrons. The summed E-state index contributed by atoms with van der Waals surface area (Å²) in [6, 6.07) is 8.48. The van der Waals surface area contributed by atoms with Gasteiger partial charge in [0.15, 0.2) is 0 Å². The maximum Gasteiger partial charge on any atom is 0.0648 e. The highest BCUT2D eigenvalue weighted by molar-refractivity contribution is 5.79. The van der Waals surface area contributed by atoms with E-state index in [0.717, 1.165) is 16.6 Å². The van der Waals surface area contributed by atoms with Crippen LogP contribution < -0.4 is 0 Å². The Balaban J connectivity index is 2.92. The quantitative estimate of drug-likeness (QED) is 0.566. The van der Waals surface area contributed by atoms with Crippen molar-refractivity contribution in [1.29, 1.82) is 0 Å². The van der Waals surface area contributed by atoms with Crippen LogP contribution in [-0.4, -0.2) is 4.98 Å². The summed E-state index contributed by atoms with van der Waals surface area (Å²) in [5.74, 6) is 0. The lowest BCUT2D eigenvalue weighted by Crippen LogP contribution is -1.65. The van der Waals surface area contributed by atoms with E-state index in [2.05, 4.69) is 4.98 Å². The third-order valence-electron chi connectivity index (χ3n) is 1.57. The van der Waals surface area contributed by atoms with Gasteiger partial charge in [-0.25, -0.2) is 0 Å². The Morgan fingerprint density at radius 2 is 2.20 bits per heavy atom. The van der Waals surface area contributed by atoms with Crippen LogP contribution in [0.3, 0.4) is 0 Å². The van der Waals surface area contributed by atoms with Crippen LogP contribution in [0, 0.1) is 6.92 Å². The van der Waals surface area contributed by atoms with Gasteiger partial charge in [0.05, 0.1) is 1.37 Å². The van der Waals surface area contributed by atoms with Crippen molar-refractivity contribution in [3.8, 4) is 0 Å². The molecule has 0 saturated heterocycles. The molecule has 0 amide bonds. The van der Waals surface area contributed by atoms with Crippen LogP contribution in [0.25, 0.3) is 10.9 Å². The molecule has 1 heterocycles. The van der Waals surface area contributed by atoms with Gasteiger partial charge in [-0.3, -0.25) is 0 Å².